The quantitative estimate of drug-likeness (QED) is 0.862. The van der Waals surface area contributed by atoms with E-state index in [0.717, 1.165) is 11.4 Å². The van der Waals surface area contributed by atoms with Gasteiger partial charge < -0.3 is 10.1 Å². The van der Waals surface area contributed by atoms with Crippen molar-refractivity contribution in [2.75, 3.05) is 11.9 Å². The summed E-state index contributed by atoms with van der Waals surface area (Å²) in [6.45, 7) is 2.22. The van der Waals surface area contributed by atoms with Crippen LogP contribution in [0.4, 0.5) is 5.69 Å². The summed E-state index contributed by atoms with van der Waals surface area (Å²) in [4.78, 5) is 25.1. The van der Waals surface area contributed by atoms with E-state index in [1.807, 2.05) is 54.6 Å². The lowest BCUT2D eigenvalue weighted by Crippen LogP contribution is -2.34. The van der Waals surface area contributed by atoms with Crippen molar-refractivity contribution in [2.24, 2.45) is 0 Å². The van der Waals surface area contributed by atoms with Crippen LogP contribution in [0.5, 0.6) is 11.5 Å². The molecule has 0 bridgehead atoms. The molecule has 1 N–H and O–H groups in total. The van der Waals surface area contributed by atoms with E-state index in [2.05, 4.69) is 5.32 Å². The molecule has 2 amide bonds. The Morgan fingerprint density at radius 2 is 1.70 bits per heavy atom. The number of nitrogens with zero attached hydrogens (tertiary/aromatic N) is 1. The molecule has 1 heterocycles. The number of rotatable bonds is 5. The number of carbonyl (C=O) groups excluding carboxylic acids is 2. The lowest BCUT2D eigenvalue weighted by Gasteiger charge is -2.14. The van der Waals surface area contributed by atoms with Crippen LogP contribution >= 0.6 is 0 Å². The van der Waals surface area contributed by atoms with Crippen molar-refractivity contribution in [1.29, 1.82) is 0 Å². The number of anilines is 1. The van der Waals surface area contributed by atoms with Crippen molar-refractivity contribution in [3.63, 3.8) is 0 Å². The highest BCUT2D eigenvalue weighted by molar-refractivity contribution is 6.06. The average molecular weight is 310 g/mol. The molecule has 1 aliphatic heterocycles. The fraction of sp³-hybridized carbons (Fsp3) is 0.222. The zero-order valence-corrected chi connectivity index (χ0v) is 12.9. The van der Waals surface area contributed by atoms with E-state index in [1.54, 1.807) is 6.92 Å². The monoisotopic (exact) mass is 310 g/mol. The normalized spacial score (nSPS) is 17.4. The van der Waals surface area contributed by atoms with Crippen LogP contribution in [0.1, 0.15) is 13.3 Å². The molecule has 1 saturated heterocycles. The molecule has 1 atom stereocenters. The number of hydrogen-bond acceptors (Lipinski definition) is 4. The minimum absolute atomic E-state index is 0.126. The van der Waals surface area contributed by atoms with Crippen molar-refractivity contribution in [1.82, 2.24) is 4.90 Å². The highest BCUT2D eigenvalue weighted by Crippen LogP contribution is 2.24. The van der Waals surface area contributed by atoms with Gasteiger partial charge in [0.25, 0.3) is 5.91 Å². The fourth-order valence-electron chi connectivity index (χ4n) is 2.57. The van der Waals surface area contributed by atoms with Gasteiger partial charge in [-0.25, -0.2) is 0 Å². The van der Waals surface area contributed by atoms with Gasteiger partial charge in [0.05, 0.1) is 6.42 Å². The molecule has 0 unspecified atom stereocenters. The Labute approximate surface area is 134 Å². The predicted molar refractivity (Wildman–Crippen MR) is 87.4 cm³/mol. The van der Waals surface area contributed by atoms with Crippen LogP contribution in [-0.4, -0.2) is 29.3 Å². The first-order valence-electron chi connectivity index (χ1n) is 7.61. The highest BCUT2D eigenvalue weighted by Gasteiger charge is 2.37. The topological polar surface area (TPSA) is 58.6 Å². The van der Waals surface area contributed by atoms with Crippen LogP contribution in [0.3, 0.4) is 0 Å². The Hall–Kier alpha value is -2.82. The Morgan fingerprint density at radius 3 is 2.30 bits per heavy atom. The molecule has 5 nitrogen and oxygen atoms in total. The highest BCUT2D eigenvalue weighted by atomic mass is 16.5. The van der Waals surface area contributed by atoms with Crippen molar-refractivity contribution in [2.45, 2.75) is 19.4 Å². The zero-order chi connectivity index (χ0) is 16.2. The van der Waals surface area contributed by atoms with E-state index < -0.39 is 6.04 Å². The lowest BCUT2D eigenvalue weighted by molar-refractivity contribution is -0.138. The van der Waals surface area contributed by atoms with Gasteiger partial charge in [0.2, 0.25) is 5.91 Å². The second-order valence-corrected chi connectivity index (χ2v) is 5.32. The molecule has 3 rings (SSSR count). The first-order valence-corrected chi connectivity index (χ1v) is 7.61. The Kier molecular flexibility index (Phi) is 4.28. The molecule has 118 valence electrons. The van der Waals surface area contributed by atoms with Crippen LogP contribution in [0.25, 0.3) is 0 Å². The maximum atomic E-state index is 12.1. The van der Waals surface area contributed by atoms with Crippen LogP contribution < -0.4 is 10.1 Å². The van der Waals surface area contributed by atoms with Crippen LogP contribution in [0.2, 0.25) is 0 Å². The molecule has 2 aromatic carbocycles. The third kappa shape index (κ3) is 3.34. The largest absolute Gasteiger partial charge is 0.457 e. The Bertz CT molecular complexity index is 698. The number of benzene rings is 2. The van der Waals surface area contributed by atoms with Gasteiger partial charge in [-0.05, 0) is 43.3 Å². The number of ether oxygens (including phenoxy) is 1. The van der Waals surface area contributed by atoms with E-state index in [0.29, 0.717) is 12.3 Å². The molecular weight excluding hydrogens is 292 g/mol. The van der Waals surface area contributed by atoms with E-state index >= 15 is 0 Å². The number of imide groups is 1. The van der Waals surface area contributed by atoms with Crippen LogP contribution in [0.15, 0.2) is 54.6 Å². The molecule has 0 saturated carbocycles. The van der Waals surface area contributed by atoms with Gasteiger partial charge in [-0.3, -0.25) is 14.5 Å². The molecule has 0 aliphatic carbocycles. The summed E-state index contributed by atoms with van der Waals surface area (Å²) >= 11 is 0. The van der Waals surface area contributed by atoms with Gasteiger partial charge in [0.15, 0.2) is 0 Å². The maximum Gasteiger partial charge on any atom is 0.252 e. The second-order valence-electron chi connectivity index (χ2n) is 5.32. The van der Waals surface area contributed by atoms with Gasteiger partial charge in [-0.1, -0.05) is 18.2 Å². The van der Waals surface area contributed by atoms with Gasteiger partial charge >= 0.3 is 0 Å². The number of hydrogen-bond donors (Lipinski definition) is 1. The molecule has 0 radical (unpaired) electrons. The second kappa shape index (κ2) is 6.52. The van der Waals surface area contributed by atoms with E-state index in [4.69, 9.17) is 4.74 Å². The number of amides is 2. The lowest BCUT2D eigenvalue weighted by atomic mass is 10.2. The van der Waals surface area contributed by atoms with Gasteiger partial charge in [0.1, 0.15) is 17.5 Å². The maximum absolute atomic E-state index is 12.1. The van der Waals surface area contributed by atoms with Crippen molar-refractivity contribution in [3.05, 3.63) is 54.6 Å². The molecule has 1 fully saturated rings. The molecule has 2 aromatic rings. The summed E-state index contributed by atoms with van der Waals surface area (Å²) in [5, 5.41) is 3.11. The van der Waals surface area contributed by atoms with Crippen molar-refractivity contribution in [3.8, 4) is 11.5 Å². The molecular formula is C18H18N2O3. The minimum atomic E-state index is -0.483. The molecule has 0 spiro atoms. The minimum Gasteiger partial charge on any atom is -0.457 e. The third-order valence-electron chi connectivity index (χ3n) is 3.73. The summed E-state index contributed by atoms with van der Waals surface area (Å²) in [7, 11) is 0. The predicted octanol–water partition coefficient (Wildman–Crippen LogP) is 3.04. The average Bonchev–Trinajstić information content (AvgIpc) is 2.83. The standard InChI is InChI=1S/C18H18N2O3/c1-2-20-17(21)12-16(18(20)22)19-13-8-10-15(11-9-13)23-14-6-4-3-5-7-14/h3-11,16,19H,2,12H2,1H3/t16-/m0/s1. The SMILES string of the molecule is CCN1C(=O)C[C@H](Nc2ccc(Oc3ccccc3)cc2)C1=O. The van der Waals surface area contributed by atoms with Crippen molar-refractivity contribution < 1.29 is 14.3 Å². The molecule has 0 aromatic heterocycles. The smallest absolute Gasteiger partial charge is 0.252 e. The molecule has 1 aliphatic rings. The van der Waals surface area contributed by atoms with E-state index in [-0.39, 0.29) is 18.2 Å². The Balaban J connectivity index is 1.64. The van der Waals surface area contributed by atoms with Crippen LogP contribution in [0, 0.1) is 0 Å². The first kappa shape index (κ1) is 15.1. The number of carbonyl (C=O) groups is 2. The zero-order valence-electron chi connectivity index (χ0n) is 12.9. The summed E-state index contributed by atoms with van der Waals surface area (Å²) in [6, 6.07) is 16.4. The van der Waals surface area contributed by atoms with E-state index in [1.165, 1.54) is 4.90 Å². The third-order valence-corrected chi connectivity index (χ3v) is 3.73. The number of nitrogens with one attached hydrogen (secondary N) is 1. The summed E-state index contributed by atoms with van der Waals surface area (Å²) < 4.78 is 5.72. The van der Waals surface area contributed by atoms with Crippen molar-refractivity contribution >= 4 is 17.5 Å². The summed E-state index contributed by atoms with van der Waals surface area (Å²) in [6.07, 6.45) is 0.203. The molecule has 5 heteroatoms. The number of likely N-dealkylation sites (tertiary alicyclic amines) is 1. The van der Waals surface area contributed by atoms with Gasteiger partial charge in [-0.2, -0.15) is 0 Å². The number of para-hydroxylation sites is 1. The Morgan fingerprint density at radius 1 is 1.04 bits per heavy atom. The number of likely N-dealkylation sites (N-methyl/N-ethyl adjacent to an activating group) is 1. The van der Waals surface area contributed by atoms with Gasteiger partial charge in [0, 0.05) is 12.2 Å². The van der Waals surface area contributed by atoms with Crippen LogP contribution in [-0.2, 0) is 9.59 Å². The first-order chi connectivity index (χ1) is 11.2. The molecule has 23 heavy (non-hydrogen) atoms. The van der Waals surface area contributed by atoms with Gasteiger partial charge in [-0.15, -0.1) is 0 Å². The summed E-state index contributed by atoms with van der Waals surface area (Å²) in [5.74, 6) is 1.19. The summed E-state index contributed by atoms with van der Waals surface area (Å²) in [5.41, 5.74) is 0.787. The van der Waals surface area contributed by atoms with E-state index in [9.17, 15) is 9.59 Å². The fourth-order valence-corrected chi connectivity index (χ4v) is 2.57.